The number of aromatic nitrogens is 1. The van der Waals surface area contributed by atoms with Crippen LogP contribution in [0.25, 0.3) is 0 Å². The van der Waals surface area contributed by atoms with Crippen molar-refractivity contribution >= 4 is 11.9 Å². The lowest BCUT2D eigenvalue weighted by Gasteiger charge is -2.24. The summed E-state index contributed by atoms with van der Waals surface area (Å²) in [6.07, 6.45) is 22.4. The van der Waals surface area contributed by atoms with Crippen LogP contribution in [-0.4, -0.2) is 40.7 Å². The number of nitrogens with one attached hydrogen (secondary N) is 1. The van der Waals surface area contributed by atoms with E-state index in [4.69, 9.17) is 14.3 Å². The first-order chi connectivity index (χ1) is 17.1. The van der Waals surface area contributed by atoms with E-state index < -0.39 is 5.97 Å². The smallest absolute Gasteiger partial charge is 0.303 e. The zero-order chi connectivity index (χ0) is 24.5. The van der Waals surface area contributed by atoms with E-state index >= 15 is 0 Å². The third kappa shape index (κ3) is 7.42. The second-order valence-electron chi connectivity index (χ2n) is 10.7. The summed E-state index contributed by atoms with van der Waals surface area (Å²) in [6.45, 7) is 0.672. The van der Waals surface area contributed by atoms with Gasteiger partial charge in [-0.3, -0.25) is 9.59 Å². The number of carbonyl (C=O) groups is 2. The molecule has 0 spiro atoms. The lowest BCUT2D eigenvalue weighted by atomic mass is 9.77. The zero-order valence-corrected chi connectivity index (χ0v) is 21.0. The van der Waals surface area contributed by atoms with Gasteiger partial charge in [0.05, 0.1) is 18.1 Å². The van der Waals surface area contributed by atoms with E-state index in [9.17, 15) is 9.59 Å². The van der Waals surface area contributed by atoms with Gasteiger partial charge in [0.2, 0.25) is 5.89 Å². The first-order valence-electron chi connectivity index (χ1n) is 13.9. The predicted octanol–water partition coefficient (Wildman–Crippen LogP) is 6.01. The Morgan fingerprint density at radius 2 is 1.83 bits per heavy atom. The quantitative estimate of drug-likeness (QED) is 0.247. The highest BCUT2D eigenvalue weighted by Gasteiger charge is 2.51. The number of carboxylic acids is 1. The van der Waals surface area contributed by atoms with Crippen LogP contribution in [0.3, 0.4) is 0 Å². The van der Waals surface area contributed by atoms with Crippen LogP contribution in [0.2, 0.25) is 0 Å². The normalized spacial score (nSPS) is 26.5. The fourth-order valence-electron chi connectivity index (χ4n) is 6.22. The molecule has 1 amide bonds. The van der Waals surface area contributed by atoms with E-state index in [1.165, 1.54) is 57.6 Å². The van der Waals surface area contributed by atoms with Crippen molar-refractivity contribution in [1.82, 2.24) is 10.3 Å². The monoisotopic (exact) mass is 486 g/mol. The van der Waals surface area contributed by atoms with Gasteiger partial charge in [-0.1, -0.05) is 69.9 Å². The molecular weight excluding hydrogens is 444 g/mol. The highest BCUT2D eigenvalue weighted by molar-refractivity contribution is 5.91. The summed E-state index contributed by atoms with van der Waals surface area (Å²) in [5.74, 6) is 0.890. The van der Waals surface area contributed by atoms with Crippen molar-refractivity contribution in [3.8, 4) is 0 Å². The molecule has 1 aromatic rings. The van der Waals surface area contributed by atoms with Gasteiger partial charge in [0.25, 0.3) is 5.91 Å². The van der Waals surface area contributed by atoms with Gasteiger partial charge < -0.3 is 19.6 Å². The minimum atomic E-state index is -0.781. The Labute approximate surface area is 209 Å². The number of rotatable bonds is 14. The second-order valence-corrected chi connectivity index (χ2v) is 10.7. The predicted molar refractivity (Wildman–Crippen MR) is 133 cm³/mol. The number of allylic oxidation sites excluding steroid dienone is 2. The molecule has 4 atom stereocenters. The van der Waals surface area contributed by atoms with E-state index in [0.717, 1.165) is 38.0 Å². The Morgan fingerprint density at radius 3 is 2.66 bits per heavy atom. The summed E-state index contributed by atoms with van der Waals surface area (Å²) in [6, 6.07) is 0. The second kappa shape index (κ2) is 13.2. The van der Waals surface area contributed by atoms with Gasteiger partial charge in [0, 0.05) is 18.9 Å². The molecule has 0 radical (unpaired) electrons. The molecule has 0 aromatic carbocycles. The van der Waals surface area contributed by atoms with Crippen LogP contribution in [0.15, 0.2) is 22.8 Å². The molecule has 7 nitrogen and oxygen atoms in total. The van der Waals surface area contributed by atoms with Gasteiger partial charge in [-0.25, -0.2) is 4.98 Å². The molecule has 2 aliphatic heterocycles. The topological polar surface area (TPSA) is 102 Å². The van der Waals surface area contributed by atoms with Crippen molar-refractivity contribution < 1.29 is 23.8 Å². The number of aliphatic carboxylic acids is 1. The third-order valence-electron chi connectivity index (χ3n) is 8.11. The van der Waals surface area contributed by atoms with E-state index in [-0.39, 0.29) is 36.4 Å². The maximum atomic E-state index is 12.6. The summed E-state index contributed by atoms with van der Waals surface area (Å²) in [7, 11) is 0. The molecule has 3 heterocycles. The molecule has 2 saturated heterocycles. The number of nitrogens with zero attached hydrogens (tertiary/aromatic N) is 1. The Bertz CT molecular complexity index is 844. The molecule has 194 valence electrons. The van der Waals surface area contributed by atoms with Gasteiger partial charge in [-0.15, -0.1) is 0 Å². The van der Waals surface area contributed by atoms with E-state index in [1.54, 1.807) is 0 Å². The lowest BCUT2D eigenvalue weighted by molar-refractivity contribution is -0.136. The zero-order valence-electron chi connectivity index (χ0n) is 21.0. The number of carbonyl (C=O) groups excluding carboxylic acids is 1. The van der Waals surface area contributed by atoms with Crippen molar-refractivity contribution in [1.29, 1.82) is 0 Å². The van der Waals surface area contributed by atoms with E-state index in [0.29, 0.717) is 24.6 Å². The number of ether oxygens (including phenoxy) is 1. The largest absolute Gasteiger partial charge is 0.481 e. The summed E-state index contributed by atoms with van der Waals surface area (Å²) in [5, 5.41) is 11.8. The van der Waals surface area contributed by atoms with Crippen molar-refractivity contribution in [2.45, 2.75) is 114 Å². The minimum Gasteiger partial charge on any atom is -0.481 e. The van der Waals surface area contributed by atoms with Crippen LogP contribution in [0.1, 0.15) is 119 Å². The standard InChI is InChI=1S/C28H42N2O5/c31-25(32)15-9-4-8-14-21-23-16-17-24(35-23)26(21)28-30-22(19-34-28)27(33)29-18-10-2-1-5-11-20-12-6-3-7-13-20/h4,8,19-21,23-24,26H,1-3,5-7,9-18H2,(H,29,33)(H,31,32)/t21-,23-,24+,26-/m1/s1. The molecule has 4 rings (SSSR count). The Balaban J connectivity index is 1.17. The Morgan fingerprint density at radius 1 is 1.03 bits per heavy atom. The highest BCUT2D eigenvalue weighted by atomic mass is 16.5. The fourth-order valence-corrected chi connectivity index (χ4v) is 6.22. The maximum Gasteiger partial charge on any atom is 0.303 e. The number of amides is 1. The third-order valence-corrected chi connectivity index (χ3v) is 8.11. The molecule has 2 N–H and O–H groups in total. The number of hydrogen-bond acceptors (Lipinski definition) is 5. The molecule has 1 saturated carbocycles. The highest BCUT2D eigenvalue weighted by Crippen LogP contribution is 2.50. The lowest BCUT2D eigenvalue weighted by Crippen LogP contribution is -2.26. The maximum absolute atomic E-state index is 12.6. The number of oxazole rings is 1. The van der Waals surface area contributed by atoms with Gasteiger partial charge >= 0.3 is 5.97 Å². The molecule has 3 aliphatic rings. The van der Waals surface area contributed by atoms with Crippen molar-refractivity contribution in [3.63, 3.8) is 0 Å². The van der Waals surface area contributed by atoms with E-state index in [2.05, 4.69) is 16.4 Å². The summed E-state index contributed by atoms with van der Waals surface area (Å²) in [5.41, 5.74) is 0.343. The van der Waals surface area contributed by atoms with Crippen LogP contribution in [0.4, 0.5) is 0 Å². The minimum absolute atomic E-state index is 0.0450. The average Bonchev–Trinajstić information content (AvgIpc) is 3.60. The number of carboxylic acid groups (broad SMARTS) is 1. The van der Waals surface area contributed by atoms with Crippen LogP contribution in [0.5, 0.6) is 0 Å². The summed E-state index contributed by atoms with van der Waals surface area (Å²) in [4.78, 5) is 27.8. The Hall–Kier alpha value is -2.15. The van der Waals surface area contributed by atoms with Gasteiger partial charge in [-0.2, -0.15) is 0 Å². The molecular formula is C28H42N2O5. The van der Waals surface area contributed by atoms with Crippen LogP contribution in [-0.2, 0) is 9.53 Å². The van der Waals surface area contributed by atoms with Crippen molar-refractivity contribution in [3.05, 3.63) is 30.0 Å². The van der Waals surface area contributed by atoms with Crippen molar-refractivity contribution in [2.24, 2.45) is 11.8 Å². The molecule has 1 aliphatic carbocycles. The van der Waals surface area contributed by atoms with Crippen LogP contribution in [0, 0.1) is 11.8 Å². The average molecular weight is 487 g/mol. The number of fused-ring (bicyclic) bond motifs is 2. The van der Waals surface area contributed by atoms with Gasteiger partial charge in [0.15, 0.2) is 5.69 Å². The Kier molecular flexibility index (Phi) is 9.81. The molecule has 3 fully saturated rings. The number of unbranched alkanes of at least 4 members (excludes halogenated alkanes) is 3. The molecule has 1 aromatic heterocycles. The fraction of sp³-hybridized carbons (Fsp3) is 0.750. The van der Waals surface area contributed by atoms with Crippen LogP contribution < -0.4 is 5.32 Å². The molecule has 7 heteroatoms. The summed E-state index contributed by atoms with van der Waals surface area (Å²) < 4.78 is 11.9. The molecule has 2 bridgehead atoms. The summed E-state index contributed by atoms with van der Waals surface area (Å²) >= 11 is 0. The molecule has 35 heavy (non-hydrogen) atoms. The van der Waals surface area contributed by atoms with E-state index in [1.807, 2.05) is 6.08 Å². The number of hydrogen-bond donors (Lipinski definition) is 2. The first kappa shape index (κ1) is 25.9. The van der Waals surface area contributed by atoms with Gasteiger partial charge in [-0.05, 0) is 38.0 Å². The van der Waals surface area contributed by atoms with Crippen LogP contribution >= 0.6 is 0 Å². The van der Waals surface area contributed by atoms with Crippen molar-refractivity contribution in [2.75, 3.05) is 6.54 Å². The first-order valence-corrected chi connectivity index (χ1v) is 13.9. The molecule has 0 unspecified atom stereocenters. The van der Waals surface area contributed by atoms with Gasteiger partial charge in [0.1, 0.15) is 6.26 Å². The SMILES string of the molecule is O=C(O)CCC=CC[C@H]1[C@@H](c2nc(C(=O)NCCCCCCC3CCCCC3)co2)[C@@H]2CC[C@H]1O2.